The molecule has 0 fully saturated rings. The summed E-state index contributed by atoms with van der Waals surface area (Å²) in [7, 11) is 1.60. The van der Waals surface area contributed by atoms with Gasteiger partial charge in [0, 0.05) is 12.1 Å². The molecule has 7 heteroatoms. The van der Waals surface area contributed by atoms with E-state index in [1.807, 2.05) is 36.4 Å². The second-order valence-electron chi connectivity index (χ2n) is 6.51. The summed E-state index contributed by atoms with van der Waals surface area (Å²) in [6.45, 7) is 0. The van der Waals surface area contributed by atoms with Crippen molar-refractivity contribution in [3.8, 4) is 11.4 Å². The Morgan fingerprint density at radius 1 is 0.967 bits per heavy atom. The van der Waals surface area contributed by atoms with Crippen molar-refractivity contribution in [1.82, 2.24) is 9.55 Å². The lowest BCUT2D eigenvalue weighted by Gasteiger charge is -2.11. The molecule has 0 bridgehead atoms. The smallest absolute Gasteiger partial charge is 0.269 e. The number of nitro groups is 1. The highest BCUT2D eigenvalue weighted by atomic mass is 16.6. The third-order valence-electron chi connectivity index (χ3n) is 4.66. The summed E-state index contributed by atoms with van der Waals surface area (Å²) in [5, 5.41) is 11.4. The molecule has 0 aliphatic carbocycles. The van der Waals surface area contributed by atoms with E-state index in [1.165, 1.54) is 16.7 Å². The number of ether oxygens (including phenoxy) is 1. The molecule has 0 atom stereocenters. The maximum atomic E-state index is 13.2. The second-order valence-corrected chi connectivity index (χ2v) is 6.51. The van der Waals surface area contributed by atoms with Gasteiger partial charge in [-0.1, -0.05) is 30.3 Å². The van der Waals surface area contributed by atoms with Gasteiger partial charge in [0.25, 0.3) is 11.2 Å². The minimum Gasteiger partial charge on any atom is -0.497 e. The lowest BCUT2D eigenvalue weighted by atomic mass is 10.2. The van der Waals surface area contributed by atoms with E-state index in [0.717, 1.165) is 11.3 Å². The number of hydrogen-bond donors (Lipinski definition) is 0. The number of hydrogen-bond acceptors (Lipinski definition) is 5. The molecule has 0 aliphatic rings. The molecule has 3 aromatic carbocycles. The van der Waals surface area contributed by atoms with Crippen LogP contribution in [0.3, 0.4) is 0 Å². The normalized spacial score (nSPS) is 11.1. The second kappa shape index (κ2) is 8.00. The maximum Gasteiger partial charge on any atom is 0.269 e. The van der Waals surface area contributed by atoms with Crippen LogP contribution < -0.4 is 10.3 Å². The molecule has 0 radical (unpaired) electrons. The minimum absolute atomic E-state index is 0.0455. The molecule has 0 N–H and O–H groups in total. The van der Waals surface area contributed by atoms with Crippen molar-refractivity contribution in [2.45, 2.75) is 0 Å². The van der Waals surface area contributed by atoms with Crippen LogP contribution in [-0.2, 0) is 0 Å². The number of benzene rings is 3. The van der Waals surface area contributed by atoms with E-state index < -0.39 is 4.92 Å². The van der Waals surface area contributed by atoms with E-state index in [0.29, 0.717) is 22.4 Å². The van der Waals surface area contributed by atoms with Gasteiger partial charge in [-0.25, -0.2) is 4.98 Å². The Balaban J connectivity index is 1.86. The van der Waals surface area contributed by atoms with Gasteiger partial charge >= 0.3 is 0 Å². The van der Waals surface area contributed by atoms with E-state index >= 15 is 0 Å². The van der Waals surface area contributed by atoms with Crippen molar-refractivity contribution in [2.24, 2.45) is 0 Å². The first kappa shape index (κ1) is 19.1. The van der Waals surface area contributed by atoms with Crippen LogP contribution in [0.15, 0.2) is 77.6 Å². The van der Waals surface area contributed by atoms with Crippen LogP contribution in [0, 0.1) is 10.1 Å². The first-order valence-corrected chi connectivity index (χ1v) is 9.15. The van der Waals surface area contributed by atoms with Crippen molar-refractivity contribution in [2.75, 3.05) is 7.11 Å². The van der Waals surface area contributed by atoms with E-state index in [-0.39, 0.29) is 11.2 Å². The van der Waals surface area contributed by atoms with E-state index in [1.54, 1.807) is 43.5 Å². The van der Waals surface area contributed by atoms with Gasteiger partial charge in [-0.3, -0.25) is 19.5 Å². The Kier molecular flexibility index (Phi) is 5.09. The third kappa shape index (κ3) is 3.68. The lowest BCUT2D eigenvalue weighted by molar-refractivity contribution is -0.384. The zero-order chi connectivity index (χ0) is 21.1. The van der Waals surface area contributed by atoms with Crippen molar-refractivity contribution in [1.29, 1.82) is 0 Å². The standard InChI is InChI=1S/C23H17N3O4/c1-30-19-13-6-16(7-14-19)8-15-22-24-21-5-3-2-4-20(21)23(27)25(22)17-9-11-18(12-10-17)26(28)29/h2-15H,1H3. The fraction of sp³-hybridized carbons (Fsp3) is 0.0435. The van der Waals surface area contributed by atoms with Crippen molar-refractivity contribution < 1.29 is 9.66 Å². The molecule has 0 saturated heterocycles. The van der Waals surface area contributed by atoms with Crippen LogP contribution in [0.1, 0.15) is 11.4 Å². The molecule has 4 aromatic rings. The number of fused-ring (bicyclic) bond motifs is 1. The fourth-order valence-electron chi connectivity index (χ4n) is 3.12. The van der Waals surface area contributed by atoms with Crippen molar-refractivity contribution in [3.05, 3.63) is 105 Å². The number of rotatable bonds is 5. The van der Waals surface area contributed by atoms with Gasteiger partial charge < -0.3 is 4.74 Å². The van der Waals surface area contributed by atoms with Crippen LogP contribution in [-0.4, -0.2) is 21.6 Å². The predicted octanol–water partition coefficient (Wildman–Crippen LogP) is 4.47. The lowest BCUT2D eigenvalue weighted by Crippen LogP contribution is -2.22. The third-order valence-corrected chi connectivity index (χ3v) is 4.66. The highest BCUT2D eigenvalue weighted by molar-refractivity contribution is 5.80. The van der Waals surface area contributed by atoms with Crippen LogP contribution in [0.25, 0.3) is 28.7 Å². The van der Waals surface area contributed by atoms with E-state index in [2.05, 4.69) is 4.98 Å². The van der Waals surface area contributed by atoms with Crippen LogP contribution in [0.5, 0.6) is 5.75 Å². The molecule has 0 amide bonds. The first-order valence-electron chi connectivity index (χ1n) is 9.15. The number of methoxy groups -OCH3 is 1. The molecule has 4 rings (SSSR count). The minimum atomic E-state index is -0.477. The van der Waals surface area contributed by atoms with Gasteiger partial charge in [-0.05, 0) is 48.0 Å². The molecule has 30 heavy (non-hydrogen) atoms. The fourth-order valence-corrected chi connectivity index (χ4v) is 3.12. The summed E-state index contributed by atoms with van der Waals surface area (Å²) < 4.78 is 6.62. The van der Waals surface area contributed by atoms with Crippen molar-refractivity contribution >= 4 is 28.7 Å². The topological polar surface area (TPSA) is 87.3 Å². The van der Waals surface area contributed by atoms with Crippen LogP contribution in [0.2, 0.25) is 0 Å². The zero-order valence-electron chi connectivity index (χ0n) is 16.1. The molecule has 7 nitrogen and oxygen atoms in total. The van der Waals surface area contributed by atoms with Gasteiger partial charge in [0.05, 0.1) is 28.6 Å². The quantitative estimate of drug-likeness (QED) is 0.365. The van der Waals surface area contributed by atoms with Gasteiger partial charge in [-0.15, -0.1) is 0 Å². The Labute approximate surface area is 171 Å². The van der Waals surface area contributed by atoms with Gasteiger partial charge in [0.2, 0.25) is 0 Å². The summed E-state index contributed by atoms with van der Waals surface area (Å²) in [6.07, 6.45) is 3.59. The number of non-ortho nitro benzene ring substituents is 1. The SMILES string of the molecule is COc1ccc(C=Cc2nc3ccccc3c(=O)n2-c2ccc([N+](=O)[O-])cc2)cc1. The summed E-state index contributed by atoms with van der Waals surface area (Å²) in [6, 6.07) is 20.4. The summed E-state index contributed by atoms with van der Waals surface area (Å²) >= 11 is 0. The highest BCUT2D eigenvalue weighted by Gasteiger charge is 2.12. The average molecular weight is 399 g/mol. The summed E-state index contributed by atoms with van der Waals surface area (Å²) in [5.41, 5.74) is 1.70. The zero-order valence-corrected chi connectivity index (χ0v) is 16.1. The Hall–Kier alpha value is -4.26. The van der Waals surface area contributed by atoms with E-state index in [9.17, 15) is 14.9 Å². The van der Waals surface area contributed by atoms with Gasteiger partial charge in [-0.2, -0.15) is 0 Å². The Bertz CT molecular complexity index is 1310. The number of nitro benzene ring substituents is 1. The number of para-hydroxylation sites is 1. The predicted molar refractivity (Wildman–Crippen MR) is 116 cm³/mol. The molecular formula is C23H17N3O4. The molecule has 0 spiro atoms. The Morgan fingerprint density at radius 2 is 1.67 bits per heavy atom. The molecule has 1 heterocycles. The number of aromatic nitrogens is 2. The molecule has 0 aliphatic heterocycles. The monoisotopic (exact) mass is 399 g/mol. The first-order chi connectivity index (χ1) is 14.6. The Morgan fingerprint density at radius 3 is 2.33 bits per heavy atom. The maximum absolute atomic E-state index is 13.2. The summed E-state index contributed by atoms with van der Waals surface area (Å²) in [5.74, 6) is 1.17. The largest absolute Gasteiger partial charge is 0.497 e. The molecule has 1 aromatic heterocycles. The van der Waals surface area contributed by atoms with Crippen LogP contribution in [0.4, 0.5) is 5.69 Å². The molecule has 0 unspecified atom stereocenters. The summed E-state index contributed by atoms with van der Waals surface area (Å²) in [4.78, 5) is 28.3. The van der Waals surface area contributed by atoms with Gasteiger partial charge in [0.1, 0.15) is 11.6 Å². The van der Waals surface area contributed by atoms with Crippen molar-refractivity contribution in [3.63, 3.8) is 0 Å². The van der Waals surface area contributed by atoms with E-state index in [4.69, 9.17) is 4.74 Å². The molecule has 148 valence electrons. The molecular weight excluding hydrogens is 382 g/mol. The highest BCUT2D eigenvalue weighted by Crippen LogP contribution is 2.19. The van der Waals surface area contributed by atoms with Crippen LogP contribution >= 0.6 is 0 Å². The molecule has 0 saturated carbocycles. The van der Waals surface area contributed by atoms with Gasteiger partial charge in [0.15, 0.2) is 0 Å². The average Bonchev–Trinajstić information content (AvgIpc) is 2.78. The number of nitrogens with zero attached hydrogens (tertiary/aromatic N) is 3.